The van der Waals surface area contributed by atoms with E-state index >= 15 is 0 Å². The first-order valence-corrected chi connectivity index (χ1v) is 7.50. The van der Waals surface area contributed by atoms with Gasteiger partial charge in [-0.2, -0.15) is 10.1 Å². The van der Waals surface area contributed by atoms with E-state index in [1.165, 1.54) is 0 Å². The molecule has 0 saturated carbocycles. The van der Waals surface area contributed by atoms with Crippen molar-refractivity contribution >= 4 is 28.9 Å². The highest BCUT2D eigenvalue weighted by molar-refractivity contribution is 5.94. The minimum absolute atomic E-state index is 0.0333. The van der Waals surface area contributed by atoms with Crippen molar-refractivity contribution in [2.24, 2.45) is 0 Å². The average Bonchev–Trinajstić information content (AvgIpc) is 2.62. The Bertz CT molecular complexity index is 834. The van der Waals surface area contributed by atoms with Crippen LogP contribution in [-0.2, 0) is 0 Å². The van der Waals surface area contributed by atoms with Crippen LogP contribution in [0.1, 0.15) is 17.3 Å². The fourth-order valence-corrected chi connectivity index (χ4v) is 2.21. The van der Waals surface area contributed by atoms with E-state index in [1.54, 1.807) is 25.3 Å². The smallest absolute Gasteiger partial charge is 0.249 e. The predicted molar refractivity (Wildman–Crippen MR) is 94.1 cm³/mol. The van der Waals surface area contributed by atoms with Crippen LogP contribution in [0, 0.1) is 0 Å². The summed E-state index contributed by atoms with van der Waals surface area (Å²) in [5.41, 5.74) is 2.47. The van der Waals surface area contributed by atoms with Crippen LogP contribution in [0.3, 0.4) is 0 Å². The molecule has 0 unspecified atom stereocenters. The molecule has 0 bridgehead atoms. The number of hydrogen-bond donors (Lipinski definition) is 1. The maximum absolute atomic E-state index is 11.3. The second-order valence-electron chi connectivity index (χ2n) is 5.29. The minimum Gasteiger partial charge on any atom is -0.328 e. The summed E-state index contributed by atoms with van der Waals surface area (Å²) in [4.78, 5) is 17.7. The number of para-hydroxylation sites is 1. The van der Waals surface area contributed by atoms with Gasteiger partial charge >= 0.3 is 0 Å². The van der Waals surface area contributed by atoms with Crippen LogP contribution in [0.2, 0.25) is 0 Å². The van der Waals surface area contributed by atoms with Gasteiger partial charge in [0, 0.05) is 24.0 Å². The number of anilines is 4. The standard InChI is InChI=1S/C18H17N5O/c1-13(24)14-8-10-15(11-9-14)20-18-21-17(12-19-22-18)23(2)16-6-4-3-5-7-16/h3-12H,1-2H3,(H,20,21,22). The third-order valence-corrected chi connectivity index (χ3v) is 3.58. The highest BCUT2D eigenvalue weighted by Crippen LogP contribution is 2.21. The molecule has 0 amide bonds. The number of nitrogens with one attached hydrogen (secondary N) is 1. The molecule has 0 radical (unpaired) electrons. The lowest BCUT2D eigenvalue weighted by molar-refractivity contribution is 0.101. The van der Waals surface area contributed by atoms with Crippen molar-refractivity contribution in [1.82, 2.24) is 15.2 Å². The summed E-state index contributed by atoms with van der Waals surface area (Å²) < 4.78 is 0. The second kappa shape index (κ2) is 6.87. The van der Waals surface area contributed by atoms with Crippen LogP contribution in [-0.4, -0.2) is 28.0 Å². The largest absolute Gasteiger partial charge is 0.328 e. The first kappa shape index (κ1) is 15.6. The van der Waals surface area contributed by atoms with Gasteiger partial charge in [-0.05, 0) is 43.3 Å². The quantitative estimate of drug-likeness (QED) is 0.725. The number of Topliss-reactive ketones (excluding diaryl/α,β-unsaturated/α-hetero) is 1. The van der Waals surface area contributed by atoms with E-state index in [4.69, 9.17) is 0 Å². The normalized spacial score (nSPS) is 10.2. The zero-order chi connectivity index (χ0) is 16.9. The van der Waals surface area contributed by atoms with Crippen LogP contribution >= 0.6 is 0 Å². The molecule has 2 aromatic carbocycles. The van der Waals surface area contributed by atoms with Gasteiger partial charge in [-0.3, -0.25) is 4.79 Å². The Morgan fingerprint density at radius 2 is 1.75 bits per heavy atom. The van der Waals surface area contributed by atoms with Gasteiger partial charge in [-0.1, -0.05) is 18.2 Å². The molecule has 3 rings (SSSR count). The van der Waals surface area contributed by atoms with E-state index in [1.807, 2.05) is 54.4 Å². The number of ketones is 1. The van der Waals surface area contributed by atoms with E-state index in [9.17, 15) is 4.79 Å². The molecule has 24 heavy (non-hydrogen) atoms. The number of hydrogen-bond acceptors (Lipinski definition) is 6. The Balaban J connectivity index is 1.79. The Kier molecular flexibility index (Phi) is 4.47. The van der Waals surface area contributed by atoms with Crippen LogP contribution in [0.25, 0.3) is 0 Å². The molecule has 6 heteroatoms. The van der Waals surface area contributed by atoms with Crippen molar-refractivity contribution in [2.45, 2.75) is 6.92 Å². The Labute approximate surface area is 140 Å². The van der Waals surface area contributed by atoms with Gasteiger partial charge in [-0.15, -0.1) is 5.10 Å². The molecule has 0 atom stereocenters. The van der Waals surface area contributed by atoms with Crippen molar-refractivity contribution in [3.8, 4) is 0 Å². The summed E-state index contributed by atoms with van der Waals surface area (Å²) in [7, 11) is 1.92. The molecule has 1 N–H and O–H groups in total. The minimum atomic E-state index is 0.0333. The topological polar surface area (TPSA) is 71.0 Å². The maximum Gasteiger partial charge on any atom is 0.249 e. The fourth-order valence-electron chi connectivity index (χ4n) is 2.21. The number of aromatic nitrogens is 3. The van der Waals surface area contributed by atoms with Crippen LogP contribution < -0.4 is 10.2 Å². The lowest BCUT2D eigenvalue weighted by Gasteiger charge is -2.18. The van der Waals surface area contributed by atoms with E-state index < -0.39 is 0 Å². The van der Waals surface area contributed by atoms with E-state index in [0.717, 1.165) is 11.4 Å². The predicted octanol–water partition coefficient (Wildman–Crippen LogP) is 3.59. The lowest BCUT2D eigenvalue weighted by atomic mass is 10.1. The molecular formula is C18H17N5O. The molecular weight excluding hydrogens is 302 g/mol. The third kappa shape index (κ3) is 3.55. The molecule has 120 valence electrons. The summed E-state index contributed by atoms with van der Waals surface area (Å²) in [6.07, 6.45) is 1.61. The van der Waals surface area contributed by atoms with Crippen LogP contribution in [0.5, 0.6) is 0 Å². The summed E-state index contributed by atoms with van der Waals surface area (Å²) >= 11 is 0. The first-order valence-electron chi connectivity index (χ1n) is 7.50. The Morgan fingerprint density at radius 1 is 1.04 bits per heavy atom. The van der Waals surface area contributed by atoms with Gasteiger partial charge < -0.3 is 10.2 Å². The van der Waals surface area contributed by atoms with Gasteiger partial charge in [0.15, 0.2) is 11.6 Å². The Morgan fingerprint density at radius 3 is 2.42 bits per heavy atom. The number of carbonyl (C=O) groups excluding carboxylic acids is 1. The van der Waals surface area contributed by atoms with Crippen molar-refractivity contribution in [3.05, 3.63) is 66.4 Å². The summed E-state index contributed by atoms with van der Waals surface area (Å²) in [5.74, 6) is 1.11. The summed E-state index contributed by atoms with van der Waals surface area (Å²) in [6.45, 7) is 1.54. The zero-order valence-corrected chi connectivity index (χ0v) is 13.5. The van der Waals surface area contributed by atoms with Crippen LogP contribution in [0.4, 0.5) is 23.1 Å². The zero-order valence-electron chi connectivity index (χ0n) is 13.5. The third-order valence-electron chi connectivity index (χ3n) is 3.58. The SMILES string of the molecule is CC(=O)c1ccc(Nc2nncc(N(C)c3ccccc3)n2)cc1. The Hall–Kier alpha value is -3.28. The van der Waals surface area contributed by atoms with Crippen LogP contribution in [0.15, 0.2) is 60.8 Å². The van der Waals surface area contributed by atoms with Gasteiger partial charge in [-0.25, -0.2) is 0 Å². The second-order valence-corrected chi connectivity index (χ2v) is 5.29. The maximum atomic E-state index is 11.3. The van der Waals surface area contributed by atoms with E-state index in [0.29, 0.717) is 17.3 Å². The molecule has 0 aliphatic heterocycles. The van der Waals surface area contributed by atoms with E-state index in [-0.39, 0.29) is 5.78 Å². The van der Waals surface area contributed by atoms with Gasteiger partial charge in [0.1, 0.15) is 0 Å². The highest BCUT2D eigenvalue weighted by atomic mass is 16.1. The lowest BCUT2D eigenvalue weighted by Crippen LogP contribution is -2.13. The molecule has 0 aliphatic rings. The molecule has 0 fully saturated rings. The van der Waals surface area contributed by atoms with Crippen molar-refractivity contribution < 1.29 is 4.79 Å². The summed E-state index contributed by atoms with van der Waals surface area (Å²) in [6, 6.07) is 17.0. The monoisotopic (exact) mass is 319 g/mol. The van der Waals surface area contributed by atoms with Gasteiger partial charge in [0.2, 0.25) is 5.95 Å². The molecule has 1 aromatic heterocycles. The molecule has 0 saturated heterocycles. The average molecular weight is 319 g/mol. The highest BCUT2D eigenvalue weighted by Gasteiger charge is 2.08. The molecule has 6 nitrogen and oxygen atoms in total. The number of rotatable bonds is 5. The molecule has 0 spiro atoms. The van der Waals surface area contributed by atoms with Crippen molar-refractivity contribution in [3.63, 3.8) is 0 Å². The van der Waals surface area contributed by atoms with E-state index in [2.05, 4.69) is 20.5 Å². The molecule has 1 heterocycles. The molecule has 3 aromatic rings. The first-order chi connectivity index (χ1) is 11.6. The van der Waals surface area contributed by atoms with Crippen molar-refractivity contribution in [2.75, 3.05) is 17.3 Å². The van der Waals surface area contributed by atoms with Gasteiger partial charge in [0.05, 0.1) is 6.20 Å². The fraction of sp³-hybridized carbons (Fsp3) is 0.111. The number of carbonyl (C=O) groups is 1. The van der Waals surface area contributed by atoms with Gasteiger partial charge in [0.25, 0.3) is 0 Å². The summed E-state index contributed by atoms with van der Waals surface area (Å²) in [5, 5.41) is 11.1. The number of nitrogens with zero attached hydrogens (tertiary/aromatic N) is 4. The number of benzene rings is 2. The molecule has 0 aliphatic carbocycles. The van der Waals surface area contributed by atoms with Crippen molar-refractivity contribution in [1.29, 1.82) is 0 Å².